The highest BCUT2D eigenvalue weighted by Gasteiger charge is 2.35. The van der Waals surface area contributed by atoms with E-state index in [9.17, 15) is 18.0 Å². The Balaban J connectivity index is 1.83. The zero-order valence-corrected chi connectivity index (χ0v) is 29.9. The molecule has 4 aromatic rings. The highest BCUT2D eigenvalue weighted by Crippen LogP contribution is 2.33. The van der Waals surface area contributed by atoms with E-state index >= 15 is 0 Å². The molecule has 8 nitrogen and oxygen atoms in total. The van der Waals surface area contributed by atoms with Crippen molar-refractivity contribution >= 4 is 39.3 Å². The van der Waals surface area contributed by atoms with Crippen molar-refractivity contribution in [3.05, 3.63) is 120 Å². The van der Waals surface area contributed by atoms with Gasteiger partial charge in [0.25, 0.3) is 10.0 Å². The molecule has 0 radical (unpaired) electrons. The molecule has 0 aromatic heterocycles. The zero-order valence-electron chi connectivity index (χ0n) is 28.3. The van der Waals surface area contributed by atoms with Gasteiger partial charge in [0, 0.05) is 24.4 Å². The number of carbonyl (C=O) groups excluding carboxylic acids is 2. The first-order chi connectivity index (χ1) is 23.0. The number of hydrogen-bond acceptors (Lipinski definition) is 6. The average molecular weight is 688 g/mol. The molecule has 2 amide bonds. The van der Waals surface area contributed by atoms with Gasteiger partial charge in [-0.15, -0.1) is 11.8 Å². The molecule has 0 aliphatic carbocycles. The molecular weight excluding hydrogens is 643 g/mol. The van der Waals surface area contributed by atoms with E-state index in [1.807, 2.05) is 88.5 Å². The summed E-state index contributed by atoms with van der Waals surface area (Å²) in [6.07, 6.45) is 2.17. The first-order valence-electron chi connectivity index (χ1n) is 16.1. The Morgan fingerprint density at radius 2 is 1.50 bits per heavy atom. The normalized spacial score (nSPS) is 12.0. The van der Waals surface area contributed by atoms with Gasteiger partial charge in [0.05, 0.1) is 17.2 Å². The molecule has 0 bridgehead atoms. The van der Waals surface area contributed by atoms with Crippen LogP contribution in [-0.4, -0.2) is 57.1 Å². The Labute approximate surface area is 289 Å². The third-order valence-corrected chi connectivity index (χ3v) is 10.3. The maximum absolute atomic E-state index is 14.7. The quantitative estimate of drug-likeness (QED) is 0.131. The van der Waals surface area contributed by atoms with Gasteiger partial charge in [-0.2, -0.15) is 0 Å². The van der Waals surface area contributed by atoms with E-state index in [0.29, 0.717) is 18.9 Å². The van der Waals surface area contributed by atoms with E-state index in [0.717, 1.165) is 25.9 Å². The lowest BCUT2D eigenvalue weighted by Gasteiger charge is -2.34. The Hall–Kier alpha value is -4.28. The van der Waals surface area contributed by atoms with Gasteiger partial charge in [-0.1, -0.05) is 86.1 Å². The number of thioether (sulfide) groups is 1. The predicted molar refractivity (Wildman–Crippen MR) is 194 cm³/mol. The number of amides is 2. The molecule has 0 saturated heterocycles. The summed E-state index contributed by atoms with van der Waals surface area (Å²) < 4.78 is 35.8. The summed E-state index contributed by atoms with van der Waals surface area (Å²) in [7, 11) is -4.26. The van der Waals surface area contributed by atoms with Crippen molar-refractivity contribution in [2.75, 3.05) is 30.3 Å². The number of nitrogens with one attached hydrogen (secondary N) is 1. The topological polar surface area (TPSA) is 96.0 Å². The number of para-hydroxylation sites is 2. The van der Waals surface area contributed by atoms with E-state index in [-0.39, 0.29) is 35.4 Å². The molecule has 0 aliphatic heterocycles. The third kappa shape index (κ3) is 9.64. The van der Waals surface area contributed by atoms with Crippen molar-refractivity contribution in [2.24, 2.45) is 5.92 Å². The first kappa shape index (κ1) is 36.6. The van der Waals surface area contributed by atoms with Crippen LogP contribution in [0.25, 0.3) is 0 Å². The molecule has 1 N–H and O–H groups in total. The number of ether oxygens (including phenoxy) is 1. The number of hydrogen-bond donors (Lipinski definition) is 1. The fourth-order valence-electron chi connectivity index (χ4n) is 5.20. The number of anilines is 1. The minimum absolute atomic E-state index is 0.0417. The molecule has 0 heterocycles. The molecule has 48 heavy (non-hydrogen) atoms. The summed E-state index contributed by atoms with van der Waals surface area (Å²) in [5.74, 6) is -0.296. The van der Waals surface area contributed by atoms with Crippen LogP contribution in [0.15, 0.2) is 113 Å². The van der Waals surface area contributed by atoms with Crippen molar-refractivity contribution in [3.63, 3.8) is 0 Å². The van der Waals surface area contributed by atoms with Gasteiger partial charge in [-0.3, -0.25) is 13.9 Å². The van der Waals surface area contributed by atoms with Crippen LogP contribution in [0.4, 0.5) is 5.69 Å². The summed E-state index contributed by atoms with van der Waals surface area (Å²) in [5, 5.41) is 3.02. The van der Waals surface area contributed by atoms with Crippen LogP contribution in [0.1, 0.15) is 37.5 Å². The van der Waals surface area contributed by atoms with E-state index in [2.05, 4.69) is 5.32 Å². The van der Waals surface area contributed by atoms with Crippen LogP contribution in [0.2, 0.25) is 0 Å². The van der Waals surface area contributed by atoms with E-state index in [1.165, 1.54) is 16.7 Å². The fourth-order valence-corrected chi connectivity index (χ4v) is 7.03. The van der Waals surface area contributed by atoms with Crippen LogP contribution in [0.5, 0.6) is 5.75 Å². The lowest BCUT2D eigenvalue weighted by molar-refractivity contribution is -0.140. The van der Waals surface area contributed by atoms with E-state index in [4.69, 9.17) is 4.74 Å². The van der Waals surface area contributed by atoms with E-state index in [1.54, 1.807) is 48.5 Å². The van der Waals surface area contributed by atoms with Gasteiger partial charge >= 0.3 is 0 Å². The summed E-state index contributed by atoms with van der Waals surface area (Å²) in [6.45, 7) is 8.10. The second-order valence-electron chi connectivity index (χ2n) is 11.9. The highest BCUT2D eigenvalue weighted by molar-refractivity contribution is 7.98. The SMILES string of the molecule is CCOc1ccccc1N(CC(=O)N(Cc1ccc(C)cc1)[C@@H](Cc1ccccc1)C(=O)NCC(C)C)S(=O)(=O)c1ccc(SC)cc1. The van der Waals surface area contributed by atoms with Crippen LogP contribution >= 0.6 is 11.8 Å². The van der Waals surface area contributed by atoms with Crippen molar-refractivity contribution in [3.8, 4) is 5.75 Å². The van der Waals surface area contributed by atoms with Gasteiger partial charge in [0.1, 0.15) is 18.3 Å². The van der Waals surface area contributed by atoms with Crippen LogP contribution < -0.4 is 14.4 Å². The number of benzene rings is 4. The fraction of sp³-hybridized carbons (Fsp3) is 0.316. The molecule has 254 valence electrons. The van der Waals surface area contributed by atoms with E-state index < -0.39 is 28.5 Å². The number of nitrogens with zero attached hydrogens (tertiary/aromatic N) is 2. The number of rotatable bonds is 16. The summed E-state index contributed by atoms with van der Waals surface area (Å²) in [4.78, 5) is 31.1. The largest absolute Gasteiger partial charge is 0.492 e. The van der Waals surface area contributed by atoms with Gasteiger partial charge < -0.3 is 15.0 Å². The monoisotopic (exact) mass is 687 g/mol. The van der Waals surface area contributed by atoms with Crippen LogP contribution in [-0.2, 0) is 32.6 Å². The molecule has 0 saturated carbocycles. The summed E-state index contributed by atoms with van der Waals surface area (Å²) >= 11 is 1.50. The second kappa shape index (κ2) is 17.2. The van der Waals surface area contributed by atoms with Crippen LogP contribution in [0.3, 0.4) is 0 Å². The Bertz CT molecular complexity index is 1750. The number of carbonyl (C=O) groups is 2. The lowest BCUT2D eigenvalue weighted by Crippen LogP contribution is -2.53. The Morgan fingerprint density at radius 1 is 0.854 bits per heavy atom. The Morgan fingerprint density at radius 3 is 2.12 bits per heavy atom. The highest BCUT2D eigenvalue weighted by atomic mass is 32.2. The van der Waals surface area contributed by atoms with Crippen molar-refractivity contribution < 1.29 is 22.7 Å². The van der Waals surface area contributed by atoms with Crippen molar-refractivity contribution in [2.45, 2.75) is 56.5 Å². The number of sulfonamides is 1. The van der Waals surface area contributed by atoms with Gasteiger partial charge in [0.2, 0.25) is 11.8 Å². The van der Waals surface area contributed by atoms with Crippen LogP contribution in [0, 0.1) is 12.8 Å². The number of aryl methyl sites for hydroxylation is 1. The van der Waals surface area contributed by atoms with Crippen molar-refractivity contribution in [1.29, 1.82) is 0 Å². The molecule has 10 heteroatoms. The predicted octanol–water partition coefficient (Wildman–Crippen LogP) is 6.72. The lowest BCUT2D eigenvalue weighted by atomic mass is 10.0. The first-order valence-corrected chi connectivity index (χ1v) is 18.7. The molecule has 0 unspecified atom stereocenters. The van der Waals surface area contributed by atoms with Gasteiger partial charge in [-0.05, 0) is 73.5 Å². The molecule has 0 aliphatic rings. The summed E-state index contributed by atoms with van der Waals surface area (Å²) in [5.41, 5.74) is 3.00. The zero-order chi connectivity index (χ0) is 34.7. The van der Waals surface area contributed by atoms with Gasteiger partial charge in [0.15, 0.2) is 0 Å². The minimum atomic E-state index is -4.26. The average Bonchev–Trinajstić information content (AvgIpc) is 3.09. The van der Waals surface area contributed by atoms with Crippen molar-refractivity contribution in [1.82, 2.24) is 10.2 Å². The minimum Gasteiger partial charge on any atom is -0.492 e. The maximum Gasteiger partial charge on any atom is 0.264 e. The molecular formula is C38H45N3O5S2. The standard InChI is InChI=1S/C38H45N3O5S2/c1-6-46-36-15-11-10-14-34(36)41(48(44,45)33-22-20-32(47-5)21-23-33)27-37(42)40(26-31-18-16-29(4)17-19-31)35(38(43)39-25-28(2)3)24-30-12-8-7-9-13-30/h7-23,28,35H,6,24-27H2,1-5H3,(H,39,43)/t35-/m0/s1. The second-order valence-corrected chi connectivity index (χ2v) is 14.7. The molecule has 0 fully saturated rings. The molecule has 1 atom stereocenters. The van der Waals surface area contributed by atoms with Gasteiger partial charge in [-0.25, -0.2) is 8.42 Å². The third-order valence-electron chi connectivity index (χ3n) is 7.79. The summed E-state index contributed by atoms with van der Waals surface area (Å²) in [6, 6.07) is 29.7. The molecule has 0 spiro atoms. The maximum atomic E-state index is 14.7. The smallest absolute Gasteiger partial charge is 0.264 e. The molecule has 4 rings (SSSR count). The Kier molecular flexibility index (Phi) is 13.1. The molecule has 4 aromatic carbocycles.